The highest BCUT2D eigenvalue weighted by molar-refractivity contribution is 7.91. The van der Waals surface area contributed by atoms with Crippen LogP contribution in [0.2, 0.25) is 0 Å². The minimum atomic E-state index is -3.16. The van der Waals surface area contributed by atoms with Gasteiger partial charge in [-0.05, 0) is 44.5 Å². The summed E-state index contributed by atoms with van der Waals surface area (Å²) < 4.78 is 28.1. The predicted octanol–water partition coefficient (Wildman–Crippen LogP) is 0.837. The number of anilines is 1. The molecule has 0 saturated carbocycles. The van der Waals surface area contributed by atoms with Gasteiger partial charge in [0.1, 0.15) is 0 Å². The van der Waals surface area contributed by atoms with Crippen LogP contribution in [0.5, 0.6) is 0 Å². The molecule has 2 rings (SSSR count). The third kappa shape index (κ3) is 4.81. The Bertz CT molecular complexity index is 788. The number of nitrogens with zero attached hydrogens (tertiary/aromatic N) is 1. The van der Waals surface area contributed by atoms with Gasteiger partial charge >= 0.3 is 17.8 Å². The van der Waals surface area contributed by atoms with Crippen molar-refractivity contribution >= 4 is 33.3 Å². The van der Waals surface area contributed by atoms with E-state index < -0.39 is 33.7 Å². The minimum absolute atomic E-state index is 0.0262. The zero-order valence-electron chi connectivity index (χ0n) is 14.7. The van der Waals surface area contributed by atoms with Crippen molar-refractivity contribution in [3.8, 4) is 0 Å². The number of sulfone groups is 1. The van der Waals surface area contributed by atoms with Gasteiger partial charge in [-0.25, -0.2) is 13.2 Å². The highest BCUT2D eigenvalue weighted by Crippen LogP contribution is 2.18. The summed E-state index contributed by atoms with van der Waals surface area (Å²) in [6.07, 6.45) is 0.337. The molecular weight excluding hydrogens is 360 g/mol. The molecule has 1 saturated heterocycles. The lowest BCUT2D eigenvalue weighted by Crippen LogP contribution is -2.46. The van der Waals surface area contributed by atoms with Crippen LogP contribution in [0.15, 0.2) is 24.3 Å². The van der Waals surface area contributed by atoms with Gasteiger partial charge in [0, 0.05) is 18.3 Å². The van der Waals surface area contributed by atoms with Gasteiger partial charge in [0.15, 0.2) is 9.84 Å². The summed E-state index contributed by atoms with van der Waals surface area (Å²) in [5.41, 5.74) is 0.689. The monoisotopic (exact) mass is 382 g/mol. The normalized spacial score (nSPS) is 18.2. The maximum Gasteiger partial charge on any atom is 0.338 e. The van der Waals surface area contributed by atoms with Crippen LogP contribution in [-0.2, 0) is 24.2 Å². The Morgan fingerprint density at radius 1 is 1.19 bits per heavy atom. The molecule has 1 fully saturated rings. The number of rotatable bonds is 5. The second-order valence-corrected chi connectivity index (χ2v) is 8.13. The molecular formula is C17H22N2O6S. The lowest BCUT2D eigenvalue weighted by Gasteiger charge is -2.26. The summed E-state index contributed by atoms with van der Waals surface area (Å²) >= 11 is 0. The van der Waals surface area contributed by atoms with Crippen molar-refractivity contribution in [1.82, 2.24) is 4.90 Å². The van der Waals surface area contributed by atoms with E-state index in [4.69, 9.17) is 4.74 Å². The Kier molecular flexibility index (Phi) is 6.36. The molecule has 1 aliphatic heterocycles. The minimum Gasteiger partial charge on any atom is -0.462 e. The number of carbonyl (C=O) groups excluding carboxylic acids is 3. The summed E-state index contributed by atoms with van der Waals surface area (Å²) in [6.45, 7) is 3.90. The van der Waals surface area contributed by atoms with E-state index in [-0.39, 0.29) is 24.7 Å². The Morgan fingerprint density at radius 3 is 2.35 bits per heavy atom. The van der Waals surface area contributed by atoms with E-state index in [9.17, 15) is 22.8 Å². The van der Waals surface area contributed by atoms with E-state index in [2.05, 4.69) is 5.32 Å². The second kappa shape index (κ2) is 8.31. The van der Waals surface area contributed by atoms with Crippen LogP contribution in [-0.4, -0.2) is 61.8 Å². The van der Waals surface area contributed by atoms with Crippen molar-refractivity contribution in [2.75, 3.05) is 30.0 Å². The fourth-order valence-electron chi connectivity index (χ4n) is 2.81. The maximum absolute atomic E-state index is 12.4. The summed E-state index contributed by atoms with van der Waals surface area (Å²) in [6, 6.07) is 5.48. The standard InChI is InChI=1S/C17H22N2O6S/c1-3-19(14-9-10-26(23,24)11-14)16(21)15(20)18-13-7-5-12(6-8-13)17(22)25-4-2/h5-8,14H,3-4,9-11H2,1-2H3,(H,18,20). The molecule has 0 radical (unpaired) electrons. The van der Waals surface area contributed by atoms with E-state index >= 15 is 0 Å². The summed E-state index contributed by atoms with van der Waals surface area (Å²) in [5.74, 6) is -2.18. The molecule has 8 nitrogen and oxygen atoms in total. The Labute approximate surface area is 152 Å². The van der Waals surface area contributed by atoms with Crippen LogP contribution in [0.4, 0.5) is 5.69 Å². The third-order valence-electron chi connectivity index (χ3n) is 4.10. The highest BCUT2D eigenvalue weighted by Gasteiger charge is 2.35. The number of carbonyl (C=O) groups is 3. The second-order valence-electron chi connectivity index (χ2n) is 5.90. The molecule has 1 heterocycles. The molecule has 2 amide bonds. The molecule has 1 aromatic rings. The lowest BCUT2D eigenvalue weighted by molar-refractivity contribution is -0.144. The highest BCUT2D eigenvalue weighted by atomic mass is 32.2. The molecule has 26 heavy (non-hydrogen) atoms. The Morgan fingerprint density at radius 2 is 1.85 bits per heavy atom. The van der Waals surface area contributed by atoms with Gasteiger partial charge in [-0.2, -0.15) is 0 Å². The summed E-state index contributed by atoms with van der Waals surface area (Å²) in [7, 11) is -3.16. The molecule has 1 atom stereocenters. The Balaban J connectivity index is 2.01. The number of likely N-dealkylation sites (N-methyl/N-ethyl adjacent to an activating group) is 1. The molecule has 1 N–H and O–H groups in total. The molecule has 0 aromatic heterocycles. The van der Waals surface area contributed by atoms with Gasteiger partial charge in [-0.15, -0.1) is 0 Å². The van der Waals surface area contributed by atoms with E-state index in [1.807, 2.05) is 0 Å². The molecule has 9 heteroatoms. The first kappa shape index (κ1) is 19.9. The van der Waals surface area contributed by atoms with Crippen LogP contribution in [0.3, 0.4) is 0 Å². The number of nitrogens with one attached hydrogen (secondary N) is 1. The lowest BCUT2D eigenvalue weighted by atomic mass is 10.2. The maximum atomic E-state index is 12.4. The molecule has 0 spiro atoms. The van der Waals surface area contributed by atoms with Crippen molar-refractivity contribution in [2.45, 2.75) is 26.3 Å². The van der Waals surface area contributed by atoms with Crippen LogP contribution in [0.25, 0.3) is 0 Å². The zero-order valence-corrected chi connectivity index (χ0v) is 15.5. The predicted molar refractivity (Wildman–Crippen MR) is 95.5 cm³/mol. The number of hydrogen-bond acceptors (Lipinski definition) is 6. The van der Waals surface area contributed by atoms with Gasteiger partial charge in [0.25, 0.3) is 0 Å². The topological polar surface area (TPSA) is 110 Å². The van der Waals surface area contributed by atoms with Crippen molar-refractivity contribution in [3.63, 3.8) is 0 Å². The average molecular weight is 382 g/mol. The van der Waals surface area contributed by atoms with Gasteiger partial charge < -0.3 is 15.0 Å². The molecule has 1 aliphatic rings. The molecule has 0 bridgehead atoms. The van der Waals surface area contributed by atoms with E-state index in [1.165, 1.54) is 29.2 Å². The summed E-state index contributed by atoms with van der Waals surface area (Å²) in [5, 5.41) is 2.47. The van der Waals surface area contributed by atoms with E-state index in [0.717, 1.165) is 0 Å². The first-order valence-electron chi connectivity index (χ1n) is 8.37. The fourth-order valence-corrected chi connectivity index (χ4v) is 4.54. The smallest absolute Gasteiger partial charge is 0.338 e. The van der Waals surface area contributed by atoms with Gasteiger partial charge in [-0.3, -0.25) is 9.59 Å². The van der Waals surface area contributed by atoms with Crippen molar-refractivity contribution in [1.29, 1.82) is 0 Å². The fraction of sp³-hybridized carbons (Fsp3) is 0.471. The number of benzene rings is 1. The van der Waals surface area contributed by atoms with Crippen LogP contribution < -0.4 is 5.32 Å². The van der Waals surface area contributed by atoms with Crippen LogP contribution >= 0.6 is 0 Å². The van der Waals surface area contributed by atoms with Crippen LogP contribution in [0.1, 0.15) is 30.6 Å². The number of ether oxygens (including phenoxy) is 1. The molecule has 142 valence electrons. The largest absolute Gasteiger partial charge is 0.462 e. The van der Waals surface area contributed by atoms with E-state index in [0.29, 0.717) is 17.7 Å². The Hall–Kier alpha value is -2.42. The van der Waals surface area contributed by atoms with E-state index in [1.54, 1.807) is 13.8 Å². The van der Waals surface area contributed by atoms with Gasteiger partial charge in [-0.1, -0.05) is 0 Å². The first-order chi connectivity index (χ1) is 12.3. The van der Waals surface area contributed by atoms with Crippen molar-refractivity contribution in [3.05, 3.63) is 29.8 Å². The first-order valence-corrected chi connectivity index (χ1v) is 10.2. The van der Waals surface area contributed by atoms with Crippen molar-refractivity contribution in [2.24, 2.45) is 0 Å². The van der Waals surface area contributed by atoms with Gasteiger partial charge in [0.05, 0.1) is 23.7 Å². The quantitative estimate of drug-likeness (QED) is 0.597. The SMILES string of the molecule is CCOC(=O)c1ccc(NC(=O)C(=O)N(CC)C2CCS(=O)(=O)C2)cc1. The molecule has 1 unspecified atom stereocenters. The average Bonchev–Trinajstić information content (AvgIpc) is 2.96. The number of esters is 1. The summed E-state index contributed by atoms with van der Waals surface area (Å²) in [4.78, 5) is 37.5. The third-order valence-corrected chi connectivity index (χ3v) is 5.85. The van der Waals surface area contributed by atoms with Gasteiger partial charge in [0.2, 0.25) is 0 Å². The zero-order chi connectivity index (χ0) is 19.3. The number of hydrogen-bond donors (Lipinski definition) is 1. The van der Waals surface area contributed by atoms with Crippen molar-refractivity contribution < 1.29 is 27.5 Å². The molecule has 0 aliphatic carbocycles. The van der Waals surface area contributed by atoms with Crippen LogP contribution in [0, 0.1) is 0 Å². The molecule has 1 aromatic carbocycles. The number of amides is 2.